The van der Waals surface area contributed by atoms with Crippen LogP contribution in [-0.2, 0) is 0 Å². The van der Waals surface area contributed by atoms with Gasteiger partial charge in [-0.05, 0) is 36.1 Å². The predicted octanol–water partition coefficient (Wildman–Crippen LogP) is 2.81. The number of nitrogens with zero attached hydrogens (tertiary/aromatic N) is 4. The Hall–Kier alpha value is -0.240. The fourth-order valence-corrected chi connectivity index (χ4v) is 3.28. The highest BCUT2D eigenvalue weighted by Crippen LogP contribution is 2.28. The van der Waals surface area contributed by atoms with E-state index in [1.165, 1.54) is 44.9 Å². The third-order valence-corrected chi connectivity index (χ3v) is 4.52. The van der Waals surface area contributed by atoms with E-state index < -0.39 is 0 Å². The number of nitrogens with two attached hydrogens (primary N) is 1. The van der Waals surface area contributed by atoms with E-state index in [-0.39, 0.29) is 0 Å². The second kappa shape index (κ2) is 7.37. The molecule has 1 aliphatic rings. The van der Waals surface area contributed by atoms with Gasteiger partial charge in [-0.2, -0.15) is 2.90 Å². The van der Waals surface area contributed by atoms with Crippen molar-refractivity contribution in [3.05, 3.63) is 5.82 Å². The summed E-state index contributed by atoms with van der Waals surface area (Å²) in [5, 5.41) is 11.9. The average molecular weight is 363 g/mol. The van der Waals surface area contributed by atoms with Gasteiger partial charge in [-0.15, -0.1) is 5.10 Å². The standard InChI is InChI=1S/C12H22IN5/c13-18-12(15-16-17-18)10-6-4-2-1-3-5-7-11(14)9-8-10/h10-11H,1-9,14H2. The van der Waals surface area contributed by atoms with Gasteiger partial charge in [-0.25, -0.2) is 0 Å². The van der Waals surface area contributed by atoms with Gasteiger partial charge in [0.2, 0.25) is 0 Å². The molecule has 1 aromatic heterocycles. The molecule has 0 aromatic carbocycles. The predicted molar refractivity (Wildman–Crippen MR) is 79.5 cm³/mol. The van der Waals surface area contributed by atoms with E-state index in [9.17, 15) is 0 Å². The lowest BCUT2D eigenvalue weighted by Crippen LogP contribution is -2.20. The molecule has 1 heterocycles. The summed E-state index contributed by atoms with van der Waals surface area (Å²) in [4.78, 5) is 0. The van der Waals surface area contributed by atoms with E-state index >= 15 is 0 Å². The van der Waals surface area contributed by atoms with Gasteiger partial charge >= 0.3 is 0 Å². The molecule has 18 heavy (non-hydrogen) atoms. The average Bonchev–Trinajstić information content (AvgIpc) is 2.75. The number of hydrogen-bond donors (Lipinski definition) is 1. The Labute approximate surface area is 122 Å². The maximum Gasteiger partial charge on any atom is 0.165 e. The van der Waals surface area contributed by atoms with Crippen molar-refractivity contribution in [2.75, 3.05) is 0 Å². The molecule has 6 heteroatoms. The van der Waals surface area contributed by atoms with Crippen LogP contribution in [0.1, 0.15) is 69.5 Å². The molecule has 5 nitrogen and oxygen atoms in total. The van der Waals surface area contributed by atoms with Gasteiger partial charge < -0.3 is 5.73 Å². The number of tetrazole rings is 1. The lowest BCUT2D eigenvalue weighted by Gasteiger charge is -2.16. The second-order valence-corrected chi connectivity index (χ2v) is 6.19. The molecule has 0 saturated heterocycles. The lowest BCUT2D eigenvalue weighted by molar-refractivity contribution is 0.464. The zero-order valence-electron chi connectivity index (χ0n) is 10.8. The first kappa shape index (κ1) is 14.2. The fraction of sp³-hybridized carbons (Fsp3) is 0.917. The Morgan fingerprint density at radius 2 is 1.72 bits per heavy atom. The Kier molecular flexibility index (Phi) is 5.81. The molecule has 1 aromatic rings. The molecular formula is C12H22IN5. The van der Waals surface area contributed by atoms with Crippen LogP contribution < -0.4 is 5.73 Å². The first-order chi connectivity index (χ1) is 8.77. The highest BCUT2D eigenvalue weighted by molar-refractivity contribution is 14.1. The molecule has 102 valence electrons. The van der Waals surface area contributed by atoms with Crippen molar-refractivity contribution in [2.45, 2.75) is 69.7 Å². The van der Waals surface area contributed by atoms with Gasteiger partial charge in [-0.3, -0.25) is 0 Å². The van der Waals surface area contributed by atoms with Crippen molar-refractivity contribution in [3.8, 4) is 0 Å². The van der Waals surface area contributed by atoms with E-state index in [0.29, 0.717) is 12.0 Å². The summed E-state index contributed by atoms with van der Waals surface area (Å²) >= 11 is 2.16. The van der Waals surface area contributed by atoms with Gasteiger partial charge in [0.25, 0.3) is 0 Å². The molecule has 2 rings (SSSR count). The molecule has 2 unspecified atom stereocenters. The summed E-state index contributed by atoms with van der Waals surface area (Å²) in [6.45, 7) is 0. The number of rotatable bonds is 1. The van der Waals surface area contributed by atoms with Gasteiger partial charge in [0.1, 0.15) is 0 Å². The van der Waals surface area contributed by atoms with Crippen LogP contribution in [-0.4, -0.2) is 24.5 Å². The minimum absolute atomic E-state index is 0.351. The number of hydrogen-bond acceptors (Lipinski definition) is 4. The van der Waals surface area contributed by atoms with Crippen LogP contribution in [0.3, 0.4) is 0 Å². The summed E-state index contributed by atoms with van der Waals surface area (Å²) in [6, 6.07) is 0.351. The van der Waals surface area contributed by atoms with Crippen molar-refractivity contribution in [2.24, 2.45) is 5.73 Å². The minimum atomic E-state index is 0.351. The molecule has 1 aliphatic carbocycles. The monoisotopic (exact) mass is 363 g/mol. The lowest BCUT2D eigenvalue weighted by atomic mass is 9.93. The molecule has 2 N–H and O–H groups in total. The zero-order valence-corrected chi connectivity index (χ0v) is 12.9. The maximum absolute atomic E-state index is 6.17. The molecular weight excluding hydrogens is 341 g/mol. The van der Waals surface area contributed by atoms with Gasteiger partial charge in [0.05, 0.1) is 22.9 Å². The van der Waals surface area contributed by atoms with Crippen LogP contribution in [0.4, 0.5) is 0 Å². The van der Waals surface area contributed by atoms with Crippen molar-refractivity contribution < 1.29 is 0 Å². The summed E-state index contributed by atoms with van der Waals surface area (Å²) in [7, 11) is 0. The molecule has 2 atom stereocenters. The summed E-state index contributed by atoms with van der Waals surface area (Å²) in [5.41, 5.74) is 6.17. The molecule has 1 saturated carbocycles. The minimum Gasteiger partial charge on any atom is -0.328 e. The first-order valence-corrected chi connectivity index (χ1v) is 7.94. The fourth-order valence-electron chi connectivity index (χ4n) is 2.71. The number of aromatic nitrogens is 4. The second-order valence-electron chi connectivity index (χ2n) is 5.28. The summed E-state index contributed by atoms with van der Waals surface area (Å²) < 4.78 is 1.79. The van der Waals surface area contributed by atoms with E-state index in [4.69, 9.17) is 5.73 Å². The molecule has 0 aliphatic heterocycles. The Morgan fingerprint density at radius 3 is 2.44 bits per heavy atom. The van der Waals surface area contributed by atoms with Crippen LogP contribution >= 0.6 is 22.9 Å². The van der Waals surface area contributed by atoms with Crippen LogP contribution in [0, 0.1) is 0 Å². The molecule has 0 radical (unpaired) electrons. The van der Waals surface area contributed by atoms with Crippen LogP contribution in [0.2, 0.25) is 0 Å². The van der Waals surface area contributed by atoms with Crippen molar-refractivity contribution in [1.29, 1.82) is 0 Å². The highest BCUT2D eigenvalue weighted by atomic mass is 127. The van der Waals surface area contributed by atoms with E-state index in [1.54, 1.807) is 2.90 Å². The number of halogens is 1. The third-order valence-electron chi connectivity index (χ3n) is 3.83. The van der Waals surface area contributed by atoms with Crippen LogP contribution in [0.25, 0.3) is 0 Å². The molecule has 0 bridgehead atoms. The summed E-state index contributed by atoms with van der Waals surface area (Å²) in [6.07, 6.45) is 11.1. The van der Waals surface area contributed by atoms with Crippen molar-refractivity contribution in [1.82, 2.24) is 18.4 Å². The highest BCUT2D eigenvalue weighted by Gasteiger charge is 2.19. The zero-order chi connectivity index (χ0) is 12.8. The van der Waals surface area contributed by atoms with Crippen molar-refractivity contribution >= 4 is 22.9 Å². The first-order valence-electron chi connectivity index (χ1n) is 6.97. The van der Waals surface area contributed by atoms with Gasteiger partial charge in [0, 0.05) is 12.0 Å². The topological polar surface area (TPSA) is 69.6 Å². The molecule has 0 amide bonds. The molecule has 1 fully saturated rings. The smallest absolute Gasteiger partial charge is 0.165 e. The SMILES string of the molecule is NC1CCCCCCCC(c2nnnn2I)CC1. The molecule has 0 spiro atoms. The summed E-state index contributed by atoms with van der Waals surface area (Å²) in [5.74, 6) is 1.49. The Morgan fingerprint density at radius 1 is 1.00 bits per heavy atom. The quantitative estimate of drug-likeness (QED) is 0.779. The third kappa shape index (κ3) is 4.15. The van der Waals surface area contributed by atoms with Crippen molar-refractivity contribution in [3.63, 3.8) is 0 Å². The van der Waals surface area contributed by atoms with E-state index in [2.05, 4.69) is 38.4 Å². The largest absolute Gasteiger partial charge is 0.328 e. The Balaban J connectivity index is 1.99. The Bertz CT molecular complexity index is 354. The van der Waals surface area contributed by atoms with Gasteiger partial charge in [-0.1, -0.05) is 32.1 Å². The maximum atomic E-state index is 6.17. The van der Waals surface area contributed by atoms with Gasteiger partial charge in [0.15, 0.2) is 5.82 Å². The van der Waals surface area contributed by atoms with E-state index in [1.807, 2.05) is 0 Å². The van der Waals surface area contributed by atoms with E-state index in [0.717, 1.165) is 18.7 Å². The van der Waals surface area contributed by atoms with Crippen LogP contribution in [0.5, 0.6) is 0 Å². The normalized spacial score (nSPS) is 27.7. The van der Waals surface area contributed by atoms with Crippen LogP contribution in [0.15, 0.2) is 0 Å².